The van der Waals surface area contributed by atoms with Crippen LogP contribution in [0, 0.1) is 0 Å². The maximum atomic E-state index is 12.2. The molecule has 1 saturated carbocycles. The minimum atomic E-state index is 0.146. The third kappa shape index (κ3) is 3.87. The van der Waals surface area contributed by atoms with Gasteiger partial charge in [0.15, 0.2) is 0 Å². The molecule has 2 heterocycles. The highest BCUT2D eigenvalue weighted by molar-refractivity contribution is 7.19. The summed E-state index contributed by atoms with van der Waals surface area (Å²) in [4.78, 5) is 26.2. The smallest absolute Gasteiger partial charge is 0.220 e. The molecule has 1 fully saturated rings. The van der Waals surface area contributed by atoms with Crippen LogP contribution in [0.4, 0.5) is 5.82 Å². The highest BCUT2D eigenvalue weighted by atomic mass is 32.1. The second-order valence-electron chi connectivity index (χ2n) is 8.35. The van der Waals surface area contributed by atoms with Crippen LogP contribution >= 0.6 is 11.3 Å². The quantitative estimate of drug-likeness (QED) is 0.775. The Morgan fingerprint density at radius 2 is 2.00 bits per heavy atom. The third-order valence-corrected chi connectivity index (χ3v) is 7.48. The fraction of sp³-hybridized carbons (Fsp3) is 0.667. The minimum Gasteiger partial charge on any atom is -0.367 e. The Balaban J connectivity index is 1.56. The van der Waals surface area contributed by atoms with Gasteiger partial charge in [-0.15, -0.1) is 11.3 Å². The molecular formula is C21H31N5OS. The van der Waals surface area contributed by atoms with Crippen molar-refractivity contribution >= 4 is 33.3 Å². The van der Waals surface area contributed by atoms with Gasteiger partial charge < -0.3 is 15.5 Å². The van der Waals surface area contributed by atoms with Crippen LogP contribution < -0.4 is 10.6 Å². The van der Waals surface area contributed by atoms with E-state index in [2.05, 4.69) is 39.6 Å². The van der Waals surface area contributed by atoms with Crippen LogP contribution in [0.1, 0.15) is 61.8 Å². The molecule has 0 spiro atoms. The summed E-state index contributed by atoms with van der Waals surface area (Å²) in [7, 11) is 4.35. The van der Waals surface area contributed by atoms with Crippen LogP contribution in [-0.4, -0.2) is 53.5 Å². The van der Waals surface area contributed by atoms with Crippen molar-refractivity contribution in [3.8, 4) is 0 Å². The number of anilines is 1. The molecule has 0 aliphatic heterocycles. The van der Waals surface area contributed by atoms with Gasteiger partial charge in [0, 0.05) is 29.9 Å². The summed E-state index contributed by atoms with van der Waals surface area (Å²) in [6, 6.07) is 1.16. The van der Waals surface area contributed by atoms with Crippen molar-refractivity contribution in [1.82, 2.24) is 20.2 Å². The van der Waals surface area contributed by atoms with Gasteiger partial charge in [-0.1, -0.05) is 0 Å². The van der Waals surface area contributed by atoms with Gasteiger partial charge in [-0.25, -0.2) is 9.97 Å². The molecule has 4 rings (SSSR count). The van der Waals surface area contributed by atoms with Crippen LogP contribution in [0.2, 0.25) is 0 Å². The van der Waals surface area contributed by atoms with Gasteiger partial charge >= 0.3 is 0 Å². The lowest BCUT2D eigenvalue weighted by atomic mass is 9.90. The zero-order valence-corrected chi connectivity index (χ0v) is 17.9. The molecule has 2 aromatic heterocycles. The molecule has 2 N–H and O–H groups in total. The lowest BCUT2D eigenvalue weighted by Gasteiger charge is -2.33. The van der Waals surface area contributed by atoms with Gasteiger partial charge in [-0.05, 0) is 71.0 Å². The number of fused-ring (bicyclic) bond motifs is 3. The number of amides is 1. The molecule has 1 unspecified atom stereocenters. The van der Waals surface area contributed by atoms with Gasteiger partial charge in [-0.2, -0.15) is 0 Å². The molecule has 152 valence electrons. The molecule has 2 aliphatic carbocycles. The van der Waals surface area contributed by atoms with Crippen molar-refractivity contribution in [3.63, 3.8) is 0 Å². The van der Waals surface area contributed by atoms with E-state index in [0.29, 0.717) is 25.0 Å². The van der Waals surface area contributed by atoms with Crippen LogP contribution in [0.25, 0.3) is 10.2 Å². The largest absolute Gasteiger partial charge is 0.367 e. The number of hydrogen-bond acceptors (Lipinski definition) is 6. The molecule has 0 radical (unpaired) electrons. The van der Waals surface area contributed by atoms with Crippen molar-refractivity contribution in [1.29, 1.82) is 0 Å². The minimum absolute atomic E-state index is 0.146. The Hall–Kier alpha value is -1.73. The first-order valence-electron chi connectivity index (χ1n) is 10.5. The van der Waals surface area contributed by atoms with E-state index in [1.165, 1.54) is 41.5 Å². The van der Waals surface area contributed by atoms with Gasteiger partial charge in [-0.3, -0.25) is 4.79 Å². The standard InChI is InChI=1S/C21H31N5OS/c1-4-22-17(27)11-13-5-10-16-18(13)19-20(23-12-24-21(19)28-16)25-14-6-8-15(9-7-14)26(2)3/h12-15H,4-11H2,1-3H3,(H,22,27)(H,23,24,25). The Kier molecular flexibility index (Phi) is 5.83. The van der Waals surface area contributed by atoms with Gasteiger partial charge in [0.25, 0.3) is 0 Å². The molecule has 28 heavy (non-hydrogen) atoms. The molecule has 1 atom stereocenters. The number of thiophene rings is 1. The van der Waals surface area contributed by atoms with Gasteiger partial charge in [0.05, 0.1) is 5.39 Å². The Morgan fingerprint density at radius 3 is 2.71 bits per heavy atom. The van der Waals surface area contributed by atoms with E-state index >= 15 is 0 Å². The fourth-order valence-corrected chi connectivity index (χ4v) is 6.04. The zero-order chi connectivity index (χ0) is 19.7. The lowest BCUT2D eigenvalue weighted by Crippen LogP contribution is -2.36. The van der Waals surface area contributed by atoms with E-state index in [4.69, 9.17) is 0 Å². The van der Waals surface area contributed by atoms with Crippen LogP contribution in [0.3, 0.4) is 0 Å². The first-order valence-corrected chi connectivity index (χ1v) is 11.3. The van der Waals surface area contributed by atoms with Crippen molar-refractivity contribution in [2.75, 3.05) is 26.0 Å². The van der Waals surface area contributed by atoms with Crippen molar-refractivity contribution < 1.29 is 4.79 Å². The van der Waals surface area contributed by atoms with Gasteiger partial charge in [0.1, 0.15) is 17.0 Å². The highest BCUT2D eigenvalue weighted by Crippen LogP contribution is 2.46. The van der Waals surface area contributed by atoms with Crippen LogP contribution in [0.15, 0.2) is 6.33 Å². The predicted octanol–water partition coefficient (Wildman–Crippen LogP) is 3.53. The third-order valence-electron chi connectivity index (χ3n) is 6.30. The van der Waals surface area contributed by atoms with E-state index in [9.17, 15) is 4.79 Å². The molecular weight excluding hydrogens is 370 g/mol. The Morgan fingerprint density at radius 1 is 1.21 bits per heavy atom. The maximum absolute atomic E-state index is 12.2. The summed E-state index contributed by atoms with van der Waals surface area (Å²) >= 11 is 1.78. The molecule has 0 bridgehead atoms. The maximum Gasteiger partial charge on any atom is 0.220 e. The predicted molar refractivity (Wildman–Crippen MR) is 115 cm³/mol. The lowest BCUT2D eigenvalue weighted by molar-refractivity contribution is -0.121. The fourth-order valence-electron chi connectivity index (χ4n) is 4.80. The number of aromatic nitrogens is 2. The number of nitrogens with one attached hydrogen (secondary N) is 2. The second kappa shape index (κ2) is 8.33. The number of aryl methyl sites for hydroxylation is 1. The van der Waals surface area contributed by atoms with Gasteiger partial charge in [0.2, 0.25) is 5.91 Å². The van der Waals surface area contributed by atoms with E-state index in [1.54, 1.807) is 17.7 Å². The average molecular weight is 402 g/mol. The summed E-state index contributed by atoms with van der Waals surface area (Å²) in [5.41, 5.74) is 1.33. The molecule has 0 saturated heterocycles. The monoisotopic (exact) mass is 401 g/mol. The zero-order valence-electron chi connectivity index (χ0n) is 17.1. The molecule has 6 nitrogen and oxygen atoms in total. The summed E-state index contributed by atoms with van der Waals surface area (Å²) in [6.07, 6.45) is 9.13. The summed E-state index contributed by atoms with van der Waals surface area (Å²) < 4.78 is 0. The number of nitrogens with zero attached hydrogens (tertiary/aromatic N) is 3. The van der Waals surface area contributed by atoms with E-state index < -0.39 is 0 Å². The molecule has 2 aromatic rings. The normalized spacial score (nSPS) is 24.5. The molecule has 1 amide bonds. The van der Waals surface area contributed by atoms with Crippen molar-refractivity contribution in [3.05, 3.63) is 16.8 Å². The Labute approximate surface area is 171 Å². The van der Waals surface area contributed by atoms with E-state index in [1.807, 2.05) is 6.92 Å². The molecule has 7 heteroatoms. The first-order chi connectivity index (χ1) is 13.6. The second-order valence-corrected chi connectivity index (χ2v) is 9.43. The van der Waals surface area contributed by atoms with Crippen LogP contribution in [0.5, 0.6) is 0 Å². The van der Waals surface area contributed by atoms with E-state index in [-0.39, 0.29) is 11.8 Å². The topological polar surface area (TPSA) is 70.1 Å². The number of hydrogen-bond donors (Lipinski definition) is 2. The number of rotatable bonds is 6. The first kappa shape index (κ1) is 19.6. The van der Waals surface area contributed by atoms with Crippen molar-refractivity contribution in [2.24, 2.45) is 0 Å². The highest BCUT2D eigenvalue weighted by Gasteiger charge is 2.31. The average Bonchev–Trinajstić information content (AvgIpc) is 3.22. The summed E-state index contributed by atoms with van der Waals surface area (Å²) in [5.74, 6) is 1.40. The molecule has 0 aromatic carbocycles. The molecule has 2 aliphatic rings. The van der Waals surface area contributed by atoms with E-state index in [0.717, 1.165) is 23.5 Å². The van der Waals surface area contributed by atoms with Crippen molar-refractivity contribution in [2.45, 2.75) is 69.9 Å². The summed E-state index contributed by atoms with van der Waals surface area (Å²) in [6.45, 7) is 2.66. The summed E-state index contributed by atoms with van der Waals surface area (Å²) in [5, 5.41) is 7.86. The SMILES string of the molecule is CCNC(=O)CC1CCc2sc3ncnc(NC4CCC(N(C)C)CC4)c3c21. The van der Waals surface area contributed by atoms with Crippen LogP contribution in [-0.2, 0) is 11.2 Å². The number of carbonyl (C=O) groups excluding carboxylic acids is 1. The number of carbonyl (C=O) groups is 1. The Bertz CT molecular complexity index is 841.